The van der Waals surface area contributed by atoms with Crippen molar-refractivity contribution in [1.82, 2.24) is 9.88 Å². The number of rotatable bonds is 6. The molecule has 1 aliphatic heterocycles. The van der Waals surface area contributed by atoms with Gasteiger partial charge in [0.2, 0.25) is 0 Å². The molecule has 0 unspecified atom stereocenters. The van der Waals surface area contributed by atoms with Crippen LogP contribution in [0.3, 0.4) is 0 Å². The van der Waals surface area contributed by atoms with Crippen molar-refractivity contribution in [1.29, 1.82) is 0 Å². The Morgan fingerprint density at radius 3 is 2.79 bits per heavy atom. The second kappa shape index (κ2) is 7.30. The maximum atomic E-state index is 8.44. The van der Waals surface area contributed by atoms with Crippen molar-refractivity contribution in [2.45, 2.75) is 19.3 Å². The summed E-state index contributed by atoms with van der Waals surface area (Å²) in [7, 11) is 0. The summed E-state index contributed by atoms with van der Waals surface area (Å²) in [5, 5.41) is 14.6. The highest BCUT2D eigenvalue weighted by Crippen LogP contribution is 2.18. The predicted octanol–water partition coefficient (Wildman–Crippen LogP) is 1.18. The quantitative estimate of drug-likeness (QED) is 0.269. The number of nitrogens with zero attached hydrogens (tertiary/aromatic N) is 4. The largest absolute Gasteiger partial charge is 0.409 e. The standard InChI is InChI=1S/C12H21N5OS/c13-11(15-18)3-1-2-5-16-6-8-17(9-7-16)12-14-4-10-19-12/h4,10,18H,1-3,5-9H2,(H2,13,15). The van der Waals surface area contributed by atoms with Gasteiger partial charge in [-0.3, -0.25) is 4.90 Å². The van der Waals surface area contributed by atoms with Crippen LogP contribution in [-0.2, 0) is 0 Å². The fourth-order valence-corrected chi connectivity index (χ4v) is 2.92. The molecule has 0 atom stereocenters. The summed E-state index contributed by atoms with van der Waals surface area (Å²) in [6.07, 6.45) is 4.60. The average Bonchev–Trinajstić information content (AvgIpc) is 2.98. The molecule has 0 bridgehead atoms. The van der Waals surface area contributed by atoms with E-state index >= 15 is 0 Å². The van der Waals surface area contributed by atoms with Crippen molar-refractivity contribution in [3.63, 3.8) is 0 Å². The molecule has 2 rings (SSSR count). The van der Waals surface area contributed by atoms with E-state index in [0.29, 0.717) is 12.3 Å². The molecule has 0 amide bonds. The van der Waals surface area contributed by atoms with E-state index in [0.717, 1.165) is 50.7 Å². The number of anilines is 1. The Morgan fingerprint density at radius 1 is 1.37 bits per heavy atom. The van der Waals surface area contributed by atoms with Gasteiger partial charge in [-0.05, 0) is 19.4 Å². The van der Waals surface area contributed by atoms with Crippen LogP contribution in [0.1, 0.15) is 19.3 Å². The first-order valence-electron chi connectivity index (χ1n) is 6.63. The molecule has 0 spiro atoms. The van der Waals surface area contributed by atoms with Gasteiger partial charge in [0.15, 0.2) is 5.13 Å². The lowest BCUT2D eigenvalue weighted by atomic mass is 10.2. The molecule has 6 nitrogen and oxygen atoms in total. The third-order valence-electron chi connectivity index (χ3n) is 3.35. The van der Waals surface area contributed by atoms with Crippen molar-refractivity contribution in [2.75, 3.05) is 37.6 Å². The molecule has 1 aliphatic rings. The van der Waals surface area contributed by atoms with E-state index in [1.807, 2.05) is 11.6 Å². The van der Waals surface area contributed by atoms with Crippen LogP contribution in [0.4, 0.5) is 5.13 Å². The number of piperazine rings is 1. The molecule has 1 aromatic heterocycles. The first-order valence-corrected chi connectivity index (χ1v) is 7.51. The van der Waals surface area contributed by atoms with Crippen LogP contribution < -0.4 is 10.6 Å². The molecule has 106 valence electrons. The van der Waals surface area contributed by atoms with E-state index in [4.69, 9.17) is 10.9 Å². The van der Waals surface area contributed by atoms with Gasteiger partial charge >= 0.3 is 0 Å². The molecule has 0 radical (unpaired) electrons. The summed E-state index contributed by atoms with van der Waals surface area (Å²) >= 11 is 1.70. The van der Waals surface area contributed by atoms with E-state index in [-0.39, 0.29) is 0 Å². The molecule has 1 aromatic rings. The second-order valence-corrected chi connectivity index (χ2v) is 5.56. The Hall–Kier alpha value is -1.34. The molecule has 0 aromatic carbocycles. The maximum absolute atomic E-state index is 8.44. The van der Waals surface area contributed by atoms with Crippen molar-refractivity contribution >= 4 is 22.3 Å². The molecule has 2 heterocycles. The molecular weight excluding hydrogens is 262 g/mol. The van der Waals surface area contributed by atoms with Gasteiger partial charge in [0, 0.05) is 44.2 Å². The molecule has 0 aliphatic carbocycles. The van der Waals surface area contributed by atoms with Gasteiger partial charge in [-0.15, -0.1) is 11.3 Å². The predicted molar refractivity (Wildman–Crippen MR) is 78.0 cm³/mol. The lowest BCUT2D eigenvalue weighted by Gasteiger charge is -2.34. The summed E-state index contributed by atoms with van der Waals surface area (Å²) in [5.41, 5.74) is 5.44. The number of amidine groups is 1. The minimum atomic E-state index is 0.327. The van der Waals surface area contributed by atoms with Crippen molar-refractivity contribution in [2.24, 2.45) is 10.9 Å². The van der Waals surface area contributed by atoms with E-state index < -0.39 is 0 Å². The first-order chi connectivity index (χ1) is 9.29. The van der Waals surface area contributed by atoms with Crippen LogP contribution >= 0.6 is 11.3 Å². The van der Waals surface area contributed by atoms with Gasteiger partial charge in [0.05, 0.1) is 0 Å². The third-order valence-corrected chi connectivity index (χ3v) is 4.18. The Morgan fingerprint density at radius 2 is 2.16 bits per heavy atom. The van der Waals surface area contributed by atoms with Gasteiger partial charge in [0.1, 0.15) is 5.84 Å². The second-order valence-electron chi connectivity index (χ2n) is 4.69. The summed E-state index contributed by atoms with van der Waals surface area (Å²) in [6.45, 7) is 5.36. The summed E-state index contributed by atoms with van der Waals surface area (Å²) in [4.78, 5) is 9.16. The van der Waals surface area contributed by atoms with Crippen LogP contribution in [0.2, 0.25) is 0 Å². The van der Waals surface area contributed by atoms with Crippen LogP contribution in [0.25, 0.3) is 0 Å². The van der Waals surface area contributed by atoms with E-state index in [2.05, 4.69) is 19.9 Å². The van der Waals surface area contributed by atoms with Gasteiger partial charge in [0.25, 0.3) is 0 Å². The molecule has 7 heteroatoms. The highest BCUT2D eigenvalue weighted by Gasteiger charge is 2.17. The zero-order valence-electron chi connectivity index (χ0n) is 11.0. The Labute approximate surface area is 117 Å². The van der Waals surface area contributed by atoms with Gasteiger partial charge in [-0.2, -0.15) is 0 Å². The van der Waals surface area contributed by atoms with Crippen LogP contribution in [0, 0.1) is 0 Å². The molecule has 19 heavy (non-hydrogen) atoms. The van der Waals surface area contributed by atoms with Gasteiger partial charge in [-0.1, -0.05) is 5.16 Å². The van der Waals surface area contributed by atoms with E-state index in [1.165, 1.54) is 0 Å². The zero-order valence-corrected chi connectivity index (χ0v) is 11.8. The van der Waals surface area contributed by atoms with Crippen molar-refractivity contribution < 1.29 is 5.21 Å². The SMILES string of the molecule is NC(CCCCN1CCN(c2nccs2)CC1)=NO. The topological polar surface area (TPSA) is 78.0 Å². The maximum Gasteiger partial charge on any atom is 0.185 e. The highest BCUT2D eigenvalue weighted by molar-refractivity contribution is 7.13. The minimum Gasteiger partial charge on any atom is -0.409 e. The third kappa shape index (κ3) is 4.36. The summed E-state index contributed by atoms with van der Waals surface area (Å²) in [6, 6.07) is 0. The normalized spacial score (nSPS) is 17.9. The van der Waals surface area contributed by atoms with Crippen LogP contribution in [0.15, 0.2) is 16.7 Å². The fourth-order valence-electron chi connectivity index (χ4n) is 2.23. The number of aromatic nitrogens is 1. The van der Waals surface area contributed by atoms with Crippen LogP contribution in [-0.4, -0.2) is 53.7 Å². The number of hydrogen-bond donors (Lipinski definition) is 2. The Kier molecular flexibility index (Phi) is 5.41. The number of thiazole rings is 1. The first kappa shape index (κ1) is 14.1. The smallest absolute Gasteiger partial charge is 0.185 e. The Balaban J connectivity index is 1.61. The molecular formula is C12H21N5OS. The van der Waals surface area contributed by atoms with Gasteiger partial charge < -0.3 is 15.8 Å². The van der Waals surface area contributed by atoms with E-state index in [1.54, 1.807) is 11.3 Å². The highest BCUT2D eigenvalue weighted by atomic mass is 32.1. The lowest BCUT2D eigenvalue weighted by Crippen LogP contribution is -2.46. The molecule has 1 fully saturated rings. The van der Waals surface area contributed by atoms with Crippen molar-refractivity contribution in [3.05, 3.63) is 11.6 Å². The van der Waals surface area contributed by atoms with Crippen LogP contribution in [0.5, 0.6) is 0 Å². The van der Waals surface area contributed by atoms with Crippen molar-refractivity contribution in [3.8, 4) is 0 Å². The minimum absolute atomic E-state index is 0.327. The number of nitrogens with two attached hydrogens (primary N) is 1. The number of hydrogen-bond acceptors (Lipinski definition) is 6. The molecule has 3 N–H and O–H groups in total. The summed E-state index contributed by atoms with van der Waals surface area (Å²) < 4.78 is 0. The number of oxime groups is 1. The Bertz CT molecular complexity index is 387. The lowest BCUT2D eigenvalue weighted by molar-refractivity contribution is 0.253. The molecule has 1 saturated heterocycles. The zero-order chi connectivity index (χ0) is 13.5. The molecule has 0 saturated carbocycles. The van der Waals surface area contributed by atoms with Gasteiger partial charge in [-0.25, -0.2) is 4.98 Å². The average molecular weight is 283 g/mol. The fraction of sp³-hybridized carbons (Fsp3) is 0.667. The van der Waals surface area contributed by atoms with E-state index in [9.17, 15) is 0 Å². The number of unbranched alkanes of at least 4 members (excludes halogenated alkanes) is 1. The summed E-state index contributed by atoms with van der Waals surface area (Å²) in [5.74, 6) is 0.327. The monoisotopic (exact) mass is 283 g/mol.